The Bertz CT molecular complexity index is 23.4. The third-order valence-electron chi connectivity index (χ3n) is 1.21. The van der Waals surface area contributed by atoms with Crippen LogP contribution in [-0.2, 0) is 0 Å². The molecule has 0 saturated heterocycles. The lowest BCUT2D eigenvalue weighted by atomic mass is 10.2. The Morgan fingerprint density at radius 1 is 1.14 bits per heavy atom. The minimum Gasteiger partial charge on any atom is -0.0658 e. The zero-order valence-corrected chi connectivity index (χ0v) is 7.54. The van der Waals surface area contributed by atoms with Crippen molar-refractivity contribution in [2.45, 2.75) is 38.7 Å². The van der Waals surface area contributed by atoms with Gasteiger partial charge in [0.15, 0.2) is 0 Å². The van der Waals surface area contributed by atoms with Gasteiger partial charge in [0.05, 0.1) is 0 Å². The van der Waals surface area contributed by atoms with E-state index in [-0.39, 0.29) is 0 Å². The van der Waals surface area contributed by atoms with Crippen LogP contribution in [0.2, 0.25) is 6.04 Å². The van der Waals surface area contributed by atoms with Crippen LogP contribution in [0.5, 0.6) is 0 Å². The van der Waals surface area contributed by atoms with E-state index in [1.807, 2.05) is 0 Å². The van der Waals surface area contributed by atoms with Gasteiger partial charge in [-0.3, -0.25) is 0 Å². The maximum atomic E-state index is 2.26. The first kappa shape index (κ1) is 7.22. The van der Waals surface area contributed by atoms with E-state index in [2.05, 4.69) is 6.92 Å². The van der Waals surface area contributed by atoms with E-state index in [4.69, 9.17) is 0 Å². The summed E-state index contributed by atoms with van der Waals surface area (Å²) in [7, 11) is 1.41. The zero-order chi connectivity index (χ0) is 5.54. The predicted octanol–water partition coefficient (Wildman–Crippen LogP) is 1.35. The Morgan fingerprint density at radius 3 is 2.29 bits per heavy atom. The summed E-state index contributed by atoms with van der Waals surface area (Å²) in [6.45, 7) is 2.26. The fourth-order valence-electron chi connectivity index (χ4n) is 0.677. The normalized spacial score (nSPS) is 9.86. The minimum atomic E-state index is 1.38. The second kappa shape index (κ2) is 6.22. The predicted molar refractivity (Wildman–Crippen MR) is 38.9 cm³/mol. The van der Waals surface area contributed by atoms with Gasteiger partial charge in [0.2, 0.25) is 0 Å². The SMILES string of the molecule is CCCCCC[SiH3]. The quantitative estimate of drug-likeness (QED) is 0.384. The first-order chi connectivity index (χ1) is 3.41. The third-order valence-corrected chi connectivity index (χ3v) is 1.91. The van der Waals surface area contributed by atoms with Crippen LogP contribution in [0.4, 0.5) is 0 Å². The van der Waals surface area contributed by atoms with Gasteiger partial charge in [-0.1, -0.05) is 38.7 Å². The van der Waals surface area contributed by atoms with Gasteiger partial charge in [-0.2, -0.15) is 0 Å². The molecule has 0 aromatic carbocycles. The molecule has 0 fully saturated rings. The van der Waals surface area contributed by atoms with Gasteiger partial charge >= 0.3 is 0 Å². The molecule has 0 aliphatic carbocycles. The average Bonchev–Trinajstić information content (AvgIpc) is 1.69. The van der Waals surface area contributed by atoms with Gasteiger partial charge in [0.1, 0.15) is 0 Å². The molecule has 0 bridgehead atoms. The van der Waals surface area contributed by atoms with E-state index in [1.165, 1.54) is 42.0 Å². The molecule has 0 N–H and O–H groups in total. The lowest BCUT2D eigenvalue weighted by molar-refractivity contribution is 0.701. The lowest BCUT2D eigenvalue weighted by Gasteiger charge is -1.90. The van der Waals surface area contributed by atoms with Crippen molar-refractivity contribution in [3.05, 3.63) is 0 Å². The summed E-state index contributed by atoms with van der Waals surface area (Å²) < 4.78 is 0. The average molecular weight is 116 g/mol. The zero-order valence-electron chi connectivity index (χ0n) is 5.54. The van der Waals surface area contributed by atoms with Gasteiger partial charge in [-0.15, -0.1) is 0 Å². The highest BCUT2D eigenvalue weighted by molar-refractivity contribution is 6.08. The molecule has 0 spiro atoms. The highest BCUT2D eigenvalue weighted by atomic mass is 28.1. The first-order valence-electron chi connectivity index (χ1n) is 3.41. The van der Waals surface area contributed by atoms with Crippen LogP contribution < -0.4 is 0 Å². The summed E-state index contributed by atoms with van der Waals surface area (Å²) in [5.41, 5.74) is 0. The standard InChI is InChI=1S/C6H16Si/c1-2-3-4-5-6-7/h2-6H2,1,7H3. The van der Waals surface area contributed by atoms with Crippen LogP contribution in [0.25, 0.3) is 0 Å². The van der Waals surface area contributed by atoms with Crippen LogP contribution in [0.1, 0.15) is 32.6 Å². The third kappa shape index (κ3) is 6.22. The molecular weight excluding hydrogens is 100 g/mol. The topological polar surface area (TPSA) is 0 Å². The van der Waals surface area contributed by atoms with E-state index in [0.717, 1.165) is 0 Å². The second-order valence-corrected chi connectivity index (χ2v) is 3.06. The Morgan fingerprint density at radius 2 is 1.86 bits per heavy atom. The highest BCUT2D eigenvalue weighted by Crippen LogP contribution is 1.99. The molecule has 0 aliphatic rings. The van der Waals surface area contributed by atoms with E-state index in [9.17, 15) is 0 Å². The summed E-state index contributed by atoms with van der Waals surface area (Å²) in [6, 6.07) is 1.50. The molecule has 0 saturated carbocycles. The van der Waals surface area contributed by atoms with Crippen LogP contribution >= 0.6 is 0 Å². The molecule has 0 heterocycles. The largest absolute Gasteiger partial charge is 0.0658 e. The Balaban J connectivity index is 2.45. The molecule has 0 aromatic heterocycles. The molecule has 0 rings (SSSR count). The van der Waals surface area contributed by atoms with E-state index < -0.39 is 0 Å². The summed E-state index contributed by atoms with van der Waals surface area (Å²) in [5.74, 6) is 0. The van der Waals surface area contributed by atoms with Crippen LogP contribution in [0.15, 0.2) is 0 Å². The van der Waals surface area contributed by atoms with Gasteiger partial charge in [0, 0.05) is 10.2 Å². The van der Waals surface area contributed by atoms with Gasteiger partial charge < -0.3 is 0 Å². The number of hydrogen-bond donors (Lipinski definition) is 0. The summed E-state index contributed by atoms with van der Waals surface area (Å²) >= 11 is 0. The van der Waals surface area contributed by atoms with Crippen molar-refractivity contribution in [1.29, 1.82) is 0 Å². The fourth-order valence-corrected chi connectivity index (χ4v) is 1.18. The molecule has 0 nitrogen and oxygen atoms in total. The molecule has 0 unspecified atom stereocenters. The molecule has 0 amide bonds. The van der Waals surface area contributed by atoms with Crippen LogP contribution in [0, 0.1) is 0 Å². The Labute approximate surface area is 49.7 Å². The molecule has 1 heteroatoms. The van der Waals surface area contributed by atoms with Crippen LogP contribution in [0.3, 0.4) is 0 Å². The van der Waals surface area contributed by atoms with Crippen molar-refractivity contribution in [2.24, 2.45) is 0 Å². The fraction of sp³-hybridized carbons (Fsp3) is 1.00. The summed E-state index contributed by atoms with van der Waals surface area (Å²) in [6.07, 6.45) is 5.78. The molecular formula is C6H16Si. The minimum absolute atomic E-state index is 1.38. The van der Waals surface area contributed by atoms with Crippen molar-refractivity contribution >= 4 is 10.2 Å². The Kier molecular flexibility index (Phi) is 6.41. The van der Waals surface area contributed by atoms with Crippen molar-refractivity contribution < 1.29 is 0 Å². The molecule has 0 radical (unpaired) electrons. The van der Waals surface area contributed by atoms with E-state index >= 15 is 0 Å². The van der Waals surface area contributed by atoms with E-state index in [0.29, 0.717) is 0 Å². The number of unbranched alkanes of at least 4 members (excludes halogenated alkanes) is 3. The van der Waals surface area contributed by atoms with E-state index in [1.54, 1.807) is 0 Å². The van der Waals surface area contributed by atoms with Gasteiger partial charge in [-0.25, -0.2) is 0 Å². The highest BCUT2D eigenvalue weighted by Gasteiger charge is 1.80. The van der Waals surface area contributed by atoms with Crippen molar-refractivity contribution in [1.82, 2.24) is 0 Å². The maximum Gasteiger partial charge on any atom is 0.00279 e. The summed E-state index contributed by atoms with van der Waals surface area (Å²) in [4.78, 5) is 0. The number of hydrogen-bond acceptors (Lipinski definition) is 0. The van der Waals surface area contributed by atoms with Gasteiger partial charge in [-0.05, 0) is 0 Å². The lowest BCUT2D eigenvalue weighted by Crippen LogP contribution is -1.72. The molecule has 0 atom stereocenters. The Hall–Kier alpha value is 0.217. The monoisotopic (exact) mass is 116 g/mol. The smallest absolute Gasteiger partial charge is 0.00279 e. The number of rotatable bonds is 4. The summed E-state index contributed by atoms with van der Waals surface area (Å²) in [5, 5.41) is 0. The van der Waals surface area contributed by atoms with Crippen molar-refractivity contribution in [2.75, 3.05) is 0 Å². The maximum absolute atomic E-state index is 2.26. The molecule has 44 valence electrons. The van der Waals surface area contributed by atoms with Gasteiger partial charge in [0.25, 0.3) is 0 Å². The second-order valence-electron chi connectivity index (χ2n) is 2.06. The van der Waals surface area contributed by atoms with Crippen molar-refractivity contribution in [3.63, 3.8) is 0 Å². The molecule has 0 aromatic rings. The first-order valence-corrected chi connectivity index (χ1v) is 4.83. The van der Waals surface area contributed by atoms with Crippen molar-refractivity contribution in [3.8, 4) is 0 Å². The molecule has 0 aliphatic heterocycles. The van der Waals surface area contributed by atoms with Crippen LogP contribution in [-0.4, -0.2) is 10.2 Å². The molecule has 7 heavy (non-hydrogen) atoms.